The first-order valence-corrected chi connectivity index (χ1v) is 9.79. The van der Waals surface area contributed by atoms with Crippen molar-refractivity contribution in [1.29, 1.82) is 0 Å². The second kappa shape index (κ2) is 7.83. The second-order valence-corrected chi connectivity index (χ2v) is 8.38. The molecule has 20 heavy (non-hydrogen) atoms. The Hall–Kier alpha value is -0.820. The zero-order valence-corrected chi connectivity index (χ0v) is 14.1. The van der Waals surface area contributed by atoms with E-state index in [1.807, 2.05) is 19.9 Å². The van der Waals surface area contributed by atoms with Gasteiger partial charge in [-0.15, -0.1) is 11.8 Å². The van der Waals surface area contributed by atoms with E-state index in [-0.39, 0.29) is 11.7 Å². The van der Waals surface area contributed by atoms with Gasteiger partial charge in [-0.2, -0.15) is 0 Å². The molecule has 1 heterocycles. The molecule has 0 saturated heterocycles. The minimum absolute atomic E-state index is 0.163. The predicted octanol–water partition coefficient (Wildman–Crippen LogP) is 2.56. The van der Waals surface area contributed by atoms with Crippen molar-refractivity contribution in [3.63, 3.8) is 0 Å². The highest BCUT2D eigenvalue weighted by molar-refractivity contribution is 8.00. The summed E-state index contributed by atoms with van der Waals surface area (Å²) in [6.45, 7) is 7.05. The highest BCUT2D eigenvalue weighted by Gasteiger charge is 2.09. The lowest BCUT2D eigenvalue weighted by atomic mass is 10.2. The van der Waals surface area contributed by atoms with Gasteiger partial charge in [-0.25, -0.2) is 18.4 Å². The first-order chi connectivity index (χ1) is 9.31. The molecule has 7 heteroatoms. The van der Waals surface area contributed by atoms with Crippen LogP contribution in [0.1, 0.15) is 38.9 Å². The topological polar surface area (TPSA) is 72.0 Å². The van der Waals surface area contributed by atoms with Gasteiger partial charge >= 0.3 is 0 Å². The van der Waals surface area contributed by atoms with Gasteiger partial charge in [0.05, 0.1) is 5.75 Å². The van der Waals surface area contributed by atoms with Crippen molar-refractivity contribution in [3.05, 3.63) is 11.9 Å². The minimum atomic E-state index is -2.92. The summed E-state index contributed by atoms with van der Waals surface area (Å²) < 4.78 is 22.3. The highest BCUT2D eigenvalue weighted by atomic mass is 32.2. The van der Waals surface area contributed by atoms with Crippen molar-refractivity contribution in [2.75, 3.05) is 29.6 Å². The monoisotopic (exact) mass is 317 g/mol. The molecule has 1 rings (SSSR count). The zero-order chi connectivity index (χ0) is 15.2. The fraction of sp³-hybridized carbons (Fsp3) is 0.692. The maximum atomic E-state index is 11.1. The Morgan fingerprint density at radius 1 is 1.35 bits per heavy atom. The molecule has 0 aromatic carbocycles. The average Bonchev–Trinajstić information content (AvgIpc) is 2.34. The summed E-state index contributed by atoms with van der Waals surface area (Å²) in [4.78, 5) is 8.95. The lowest BCUT2D eigenvalue weighted by Gasteiger charge is -2.11. The van der Waals surface area contributed by atoms with Crippen LogP contribution in [-0.4, -0.2) is 42.7 Å². The largest absolute Gasteiger partial charge is 0.370 e. The van der Waals surface area contributed by atoms with Crippen molar-refractivity contribution in [2.24, 2.45) is 0 Å². The van der Waals surface area contributed by atoms with Crippen molar-refractivity contribution in [3.8, 4) is 0 Å². The number of anilines is 1. The molecule has 0 spiro atoms. The van der Waals surface area contributed by atoms with Gasteiger partial charge in [-0.05, 0) is 6.42 Å². The van der Waals surface area contributed by atoms with E-state index in [4.69, 9.17) is 0 Å². The van der Waals surface area contributed by atoms with Gasteiger partial charge < -0.3 is 5.32 Å². The Morgan fingerprint density at radius 3 is 2.60 bits per heavy atom. The van der Waals surface area contributed by atoms with E-state index in [1.165, 1.54) is 18.0 Å². The molecule has 0 saturated carbocycles. The van der Waals surface area contributed by atoms with Crippen LogP contribution in [0.3, 0.4) is 0 Å². The number of nitrogens with zero attached hydrogens (tertiary/aromatic N) is 2. The van der Waals surface area contributed by atoms with Crippen molar-refractivity contribution < 1.29 is 8.42 Å². The highest BCUT2D eigenvalue weighted by Crippen LogP contribution is 2.21. The van der Waals surface area contributed by atoms with Crippen LogP contribution in [0.2, 0.25) is 0 Å². The average molecular weight is 317 g/mol. The molecule has 1 aromatic rings. The maximum absolute atomic E-state index is 11.1. The molecule has 0 radical (unpaired) electrons. The normalized spacial score (nSPS) is 11.8. The van der Waals surface area contributed by atoms with E-state index >= 15 is 0 Å². The molecule has 0 aliphatic heterocycles. The third kappa shape index (κ3) is 6.56. The van der Waals surface area contributed by atoms with Crippen LogP contribution < -0.4 is 5.32 Å². The smallest absolute Gasteiger partial charge is 0.148 e. The van der Waals surface area contributed by atoms with Gasteiger partial charge in [-0.1, -0.05) is 20.8 Å². The quantitative estimate of drug-likeness (QED) is 0.587. The van der Waals surface area contributed by atoms with E-state index in [0.717, 1.165) is 29.6 Å². The van der Waals surface area contributed by atoms with Gasteiger partial charge in [0.1, 0.15) is 26.5 Å². The molecule has 1 N–H and O–H groups in total. The van der Waals surface area contributed by atoms with Crippen molar-refractivity contribution in [1.82, 2.24) is 9.97 Å². The molecule has 0 unspecified atom stereocenters. The summed E-state index contributed by atoms with van der Waals surface area (Å²) in [6.07, 6.45) is 2.28. The van der Waals surface area contributed by atoms with Gasteiger partial charge in [0.2, 0.25) is 0 Å². The Balaban J connectivity index is 2.80. The van der Waals surface area contributed by atoms with E-state index < -0.39 is 9.84 Å². The molecule has 0 aliphatic rings. The van der Waals surface area contributed by atoms with Crippen LogP contribution in [0.25, 0.3) is 0 Å². The van der Waals surface area contributed by atoms with Crippen LogP contribution in [0.15, 0.2) is 11.1 Å². The third-order valence-corrected chi connectivity index (χ3v) is 4.61. The number of rotatable bonds is 8. The molecular formula is C13H23N3O2S2. The Morgan fingerprint density at radius 2 is 2.05 bits per heavy atom. The van der Waals surface area contributed by atoms with Crippen LogP contribution in [-0.2, 0) is 9.84 Å². The zero-order valence-electron chi connectivity index (χ0n) is 12.5. The van der Waals surface area contributed by atoms with E-state index in [2.05, 4.69) is 22.2 Å². The van der Waals surface area contributed by atoms with E-state index in [0.29, 0.717) is 5.75 Å². The third-order valence-electron chi connectivity index (χ3n) is 2.50. The summed E-state index contributed by atoms with van der Waals surface area (Å²) in [5.41, 5.74) is 0. The molecule has 0 aliphatic carbocycles. The number of hydrogen-bond acceptors (Lipinski definition) is 6. The van der Waals surface area contributed by atoms with Gasteiger partial charge in [0.25, 0.3) is 0 Å². The van der Waals surface area contributed by atoms with Crippen molar-refractivity contribution >= 4 is 27.4 Å². The summed E-state index contributed by atoms with van der Waals surface area (Å²) >= 11 is 1.46. The number of thioether (sulfide) groups is 1. The lowest BCUT2D eigenvalue weighted by Crippen LogP contribution is -2.08. The van der Waals surface area contributed by atoms with Crippen LogP contribution in [0, 0.1) is 0 Å². The van der Waals surface area contributed by atoms with E-state index in [9.17, 15) is 8.42 Å². The Labute approximate surface area is 125 Å². The molecule has 0 amide bonds. The molecule has 114 valence electrons. The molecule has 0 fully saturated rings. The Bertz CT molecular complexity index is 530. The first kappa shape index (κ1) is 17.2. The number of nitrogens with one attached hydrogen (secondary N) is 1. The lowest BCUT2D eigenvalue weighted by molar-refractivity contribution is 0.603. The summed E-state index contributed by atoms with van der Waals surface area (Å²) in [5.74, 6) is 2.52. The minimum Gasteiger partial charge on any atom is -0.370 e. The number of sulfone groups is 1. The summed E-state index contributed by atoms with van der Waals surface area (Å²) in [6, 6.07) is 1.88. The molecular weight excluding hydrogens is 294 g/mol. The molecule has 0 atom stereocenters. The van der Waals surface area contributed by atoms with Crippen LogP contribution in [0.5, 0.6) is 0 Å². The molecule has 0 bridgehead atoms. The fourth-order valence-corrected chi connectivity index (χ4v) is 3.52. The van der Waals surface area contributed by atoms with Gasteiger partial charge in [0, 0.05) is 30.5 Å². The number of aromatic nitrogens is 2. The Kier molecular flexibility index (Phi) is 6.75. The fourth-order valence-electron chi connectivity index (χ4n) is 1.42. The first-order valence-electron chi connectivity index (χ1n) is 6.75. The SMILES string of the molecule is CCCNc1cc(SCCS(C)(=O)=O)nc(C(C)C)n1. The molecule has 1 aromatic heterocycles. The van der Waals surface area contributed by atoms with Crippen molar-refractivity contribution in [2.45, 2.75) is 38.1 Å². The second-order valence-electron chi connectivity index (χ2n) is 5.01. The van der Waals surface area contributed by atoms with Gasteiger partial charge in [-0.3, -0.25) is 0 Å². The summed E-state index contributed by atoms with van der Waals surface area (Å²) in [5, 5.41) is 4.08. The standard InChI is InChI=1S/C13H23N3O2S2/c1-5-6-14-11-9-12(16-13(15-11)10(2)3)19-7-8-20(4,17)18/h9-10H,5-8H2,1-4H3,(H,14,15,16). The van der Waals surface area contributed by atoms with Crippen LogP contribution >= 0.6 is 11.8 Å². The van der Waals surface area contributed by atoms with Crippen LogP contribution in [0.4, 0.5) is 5.82 Å². The van der Waals surface area contributed by atoms with E-state index in [1.54, 1.807) is 0 Å². The maximum Gasteiger partial charge on any atom is 0.148 e. The van der Waals surface area contributed by atoms with Gasteiger partial charge in [0.15, 0.2) is 0 Å². The number of hydrogen-bond donors (Lipinski definition) is 1. The predicted molar refractivity (Wildman–Crippen MR) is 85.3 cm³/mol. The summed E-state index contributed by atoms with van der Waals surface area (Å²) in [7, 11) is -2.92. The molecule has 5 nitrogen and oxygen atoms in total.